The molecule has 0 saturated heterocycles. The van der Waals surface area contributed by atoms with Gasteiger partial charge in [-0.3, -0.25) is 0 Å². The topological polar surface area (TPSA) is 9.23 Å². The van der Waals surface area contributed by atoms with Gasteiger partial charge in [0.15, 0.2) is 0 Å². The van der Waals surface area contributed by atoms with E-state index in [1.54, 1.807) is 7.11 Å². The van der Waals surface area contributed by atoms with E-state index in [0.717, 1.165) is 18.6 Å². The van der Waals surface area contributed by atoms with Crippen LogP contribution in [0.5, 0.6) is 5.75 Å². The third-order valence-electron chi connectivity index (χ3n) is 3.65. The summed E-state index contributed by atoms with van der Waals surface area (Å²) in [6, 6.07) is 8.38. The predicted octanol–water partition coefficient (Wildman–Crippen LogP) is 5.93. The van der Waals surface area contributed by atoms with E-state index in [1.165, 1.54) is 50.5 Å². The van der Waals surface area contributed by atoms with E-state index in [2.05, 4.69) is 31.2 Å². The van der Waals surface area contributed by atoms with Crippen LogP contribution in [-0.2, 0) is 6.42 Å². The second-order valence-electron chi connectivity index (χ2n) is 5.41. The van der Waals surface area contributed by atoms with Gasteiger partial charge in [-0.2, -0.15) is 0 Å². The molecule has 0 aliphatic heterocycles. The van der Waals surface area contributed by atoms with Crippen LogP contribution < -0.4 is 4.74 Å². The van der Waals surface area contributed by atoms with Crippen LogP contribution in [0.25, 0.3) is 0 Å². The first-order chi connectivity index (χ1) is 9.86. The van der Waals surface area contributed by atoms with Gasteiger partial charge in [0.1, 0.15) is 5.75 Å². The molecule has 0 fully saturated rings. The van der Waals surface area contributed by atoms with Crippen molar-refractivity contribution in [1.82, 2.24) is 0 Å². The largest absolute Gasteiger partial charge is 0.497 e. The molecule has 0 amide bonds. The van der Waals surface area contributed by atoms with E-state index in [-0.39, 0.29) is 0 Å². The molecule has 0 heterocycles. The van der Waals surface area contributed by atoms with Gasteiger partial charge in [-0.05, 0) is 43.4 Å². The molecule has 112 valence electrons. The monoisotopic (exact) mass is 274 g/mol. The Morgan fingerprint density at radius 1 is 0.850 bits per heavy atom. The third-order valence-corrected chi connectivity index (χ3v) is 3.65. The molecule has 0 aromatic heterocycles. The van der Waals surface area contributed by atoms with Crippen LogP contribution in [0.2, 0.25) is 0 Å². The molecule has 0 saturated carbocycles. The average molecular weight is 274 g/mol. The standard InChI is InChI=1S/C19H30O/c1-3-4-5-6-7-8-9-10-11-12-13-18-14-16-19(20-2)17-15-18/h10-11,14-17H,3-9,12-13H2,1-2H3/b11-10+. The second-order valence-corrected chi connectivity index (χ2v) is 5.41. The van der Waals surface area contributed by atoms with Crippen molar-refractivity contribution in [3.05, 3.63) is 42.0 Å². The van der Waals surface area contributed by atoms with Crippen LogP contribution in [0.3, 0.4) is 0 Å². The number of benzene rings is 1. The van der Waals surface area contributed by atoms with E-state index in [4.69, 9.17) is 4.74 Å². The van der Waals surface area contributed by atoms with Crippen LogP contribution in [0.1, 0.15) is 63.9 Å². The molecule has 1 nitrogen and oxygen atoms in total. The summed E-state index contributed by atoms with van der Waals surface area (Å²) < 4.78 is 5.16. The summed E-state index contributed by atoms with van der Waals surface area (Å²) in [7, 11) is 1.71. The van der Waals surface area contributed by atoms with E-state index >= 15 is 0 Å². The van der Waals surface area contributed by atoms with Gasteiger partial charge < -0.3 is 4.74 Å². The summed E-state index contributed by atoms with van der Waals surface area (Å²) in [5.41, 5.74) is 1.38. The summed E-state index contributed by atoms with van der Waals surface area (Å²) in [6.07, 6.45) is 16.5. The molecule has 20 heavy (non-hydrogen) atoms. The fourth-order valence-corrected chi connectivity index (χ4v) is 2.32. The van der Waals surface area contributed by atoms with Crippen molar-refractivity contribution >= 4 is 0 Å². The lowest BCUT2D eigenvalue weighted by Gasteiger charge is -2.01. The molecule has 1 heteroatoms. The molecule has 0 radical (unpaired) electrons. The van der Waals surface area contributed by atoms with Crippen molar-refractivity contribution in [3.8, 4) is 5.75 Å². The molecule has 0 N–H and O–H groups in total. The van der Waals surface area contributed by atoms with Crippen molar-refractivity contribution in [2.24, 2.45) is 0 Å². The minimum Gasteiger partial charge on any atom is -0.497 e. The minimum absolute atomic E-state index is 0.937. The summed E-state index contributed by atoms with van der Waals surface area (Å²) in [5.74, 6) is 0.937. The van der Waals surface area contributed by atoms with E-state index in [9.17, 15) is 0 Å². The quantitative estimate of drug-likeness (QED) is 0.359. The number of ether oxygens (including phenoxy) is 1. The van der Waals surface area contributed by atoms with Gasteiger partial charge in [-0.15, -0.1) is 0 Å². The first-order valence-electron chi connectivity index (χ1n) is 8.14. The van der Waals surface area contributed by atoms with Gasteiger partial charge in [0, 0.05) is 0 Å². The molecule has 1 rings (SSSR count). The fourth-order valence-electron chi connectivity index (χ4n) is 2.32. The maximum Gasteiger partial charge on any atom is 0.118 e. The summed E-state index contributed by atoms with van der Waals surface area (Å²) in [4.78, 5) is 0. The Kier molecular flexibility index (Phi) is 9.73. The second kappa shape index (κ2) is 11.6. The first-order valence-corrected chi connectivity index (χ1v) is 8.14. The lowest BCUT2D eigenvalue weighted by atomic mass is 10.1. The first kappa shape index (κ1) is 16.8. The third kappa shape index (κ3) is 8.04. The van der Waals surface area contributed by atoms with Gasteiger partial charge in [-0.1, -0.05) is 63.3 Å². The van der Waals surface area contributed by atoms with E-state index in [0.29, 0.717) is 0 Å². The highest BCUT2D eigenvalue weighted by molar-refractivity contribution is 5.27. The number of unbranched alkanes of at least 4 members (excludes halogenated alkanes) is 6. The summed E-state index contributed by atoms with van der Waals surface area (Å²) in [6.45, 7) is 2.27. The Bertz CT molecular complexity index is 351. The van der Waals surface area contributed by atoms with Crippen molar-refractivity contribution in [2.75, 3.05) is 7.11 Å². The van der Waals surface area contributed by atoms with Crippen molar-refractivity contribution in [2.45, 2.75) is 64.7 Å². The highest BCUT2D eigenvalue weighted by atomic mass is 16.5. The zero-order valence-corrected chi connectivity index (χ0v) is 13.2. The zero-order chi connectivity index (χ0) is 14.5. The normalized spacial score (nSPS) is 11.1. The van der Waals surface area contributed by atoms with Crippen LogP contribution in [0, 0.1) is 0 Å². The molecule has 0 unspecified atom stereocenters. The van der Waals surface area contributed by atoms with Gasteiger partial charge >= 0.3 is 0 Å². The highest BCUT2D eigenvalue weighted by Crippen LogP contribution is 2.13. The van der Waals surface area contributed by atoms with Crippen LogP contribution in [-0.4, -0.2) is 7.11 Å². The molecule has 1 aromatic rings. The molecule has 0 spiro atoms. The Hall–Kier alpha value is -1.24. The minimum atomic E-state index is 0.937. The maximum atomic E-state index is 5.16. The predicted molar refractivity (Wildman–Crippen MR) is 88.4 cm³/mol. The van der Waals surface area contributed by atoms with Gasteiger partial charge in [0.05, 0.1) is 7.11 Å². The summed E-state index contributed by atoms with van der Waals surface area (Å²) in [5, 5.41) is 0. The lowest BCUT2D eigenvalue weighted by Crippen LogP contribution is -1.85. The Morgan fingerprint density at radius 3 is 2.20 bits per heavy atom. The lowest BCUT2D eigenvalue weighted by molar-refractivity contribution is 0.414. The number of hydrogen-bond acceptors (Lipinski definition) is 1. The molecule has 0 atom stereocenters. The van der Waals surface area contributed by atoms with E-state index < -0.39 is 0 Å². The van der Waals surface area contributed by atoms with Crippen LogP contribution in [0.15, 0.2) is 36.4 Å². The number of methoxy groups -OCH3 is 1. The number of hydrogen-bond donors (Lipinski definition) is 0. The Labute approximate surface area is 125 Å². The number of aryl methyl sites for hydroxylation is 1. The fraction of sp³-hybridized carbons (Fsp3) is 0.579. The van der Waals surface area contributed by atoms with Crippen LogP contribution in [0.4, 0.5) is 0 Å². The van der Waals surface area contributed by atoms with Crippen LogP contribution >= 0.6 is 0 Å². The molecule has 0 aliphatic carbocycles. The summed E-state index contributed by atoms with van der Waals surface area (Å²) >= 11 is 0. The molecule has 1 aromatic carbocycles. The number of allylic oxidation sites excluding steroid dienone is 2. The smallest absolute Gasteiger partial charge is 0.118 e. The van der Waals surface area contributed by atoms with Gasteiger partial charge in [0.2, 0.25) is 0 Å². The van der Waals surface area contributed by atoms with Crippen molar-refractivity contribution < 1.29 is 4.74 Å². The molecule has 0 aliphatic rings. The van der Waals surface area contributed by atoms with Gasteiger partial charge in [-0.25, -0.2) is 0 Å². The highest BCUT2D eigenvalue weighted by Gasteiger charge is 1.93. The van der Waals surface area contributed by atoms with Crippen molar-refractivity contribution in [1.29, 1.82) is 0 Å². The zero-order valence-electron chi connectivity index (χ0n) is 13.2. The SMILES string of the molecule is CCCCCCCC/C=C/CCc1ccc(OC)cc1. The average Bonchev–Trinajstić information content (AvgIpc) is 2.50. The Morgan fingerprint density at radius 2 is 1.50 bits per heavy atom. The van der Waals surface area contributed by atoms with E-state index in [1.807, 2.05) is 12.1 Å². The number of rotatable bonds is 11. The Balaban J connectivity index is 2.01. The van der Waals surface area contributed by atoms with Crippen molar-refractivity contribution in [3.63, 3.8) is 0 Å². The molecular formula is C19H30O. The molecule has 0 bridgehead atoms. The van der Waals surface area contributed by atoms with Gasteiger partial charge in [0.25, 0.3) is 0 Å². The molecular weight excluding hydrogens is 244 g/mol. The maximum absolute atomic E-state index is 5.16.